The summed E-state index contributed by atoms with van der Waals surface area (Å²) in [4.78, 5) is 17.8. The van der Waals surface area contributed by atoms with Crippen molar-refractivity contribution >= 4 is 23.5 Å². The molecule has 0 aliphatic rings. The summed E-state index contributed by atoms with van der Waals surface area (Å²) in [7, 11) is 0. The van der Waals surface area contributed by atoms with Crippen LogP contribution in [-0.4, -0.2) is 17.4 Å². The van der Waals surface area contributed by atoms with Gasteiger partial charge in [0, 0.05) is 17.7 Å². The van der Waals surface area contributed by atoms with Gasteiger partial charge in [-0.3, -0.25) is 4.79 Å². The molecule has 0 aliphatic heterocycles. The van der Waals surface area contributed by atoms with Crippen LogP contribution in [0.5, 0.6) is 0 Å². The number of hydrogen-bond acceptors (Lipinski definition) is 3. The fraction of sp³-hybridized carbons (Fsp3) is 0.400. The Morgan fingerprint density at radius 3 is 2.24 bits per heavy atom. The summed E-state index contributed by atoms with van der Waals surface area (Å²) in [6, 6.07) is 11.3. The Hall–Kier alpha value is -2.33. The second-order valence-electron chi connectivity index (χ2n) is 8.45. The largest absolute Gasteiger partial charge is 0.758 e. The number of pyridine rings is 1. The van der Waals surface area contributed by atoms with Crippen molar-refractivity contribution in [3.63, 3.8) is 0 Å². The number of Topliss-reactive ketones (excluding diaryl/α,β-unsaturated/α-hetero) is 1. The molecule has 29 heavy (non-hydrogen) atoms. The van der Waals surface area contributed by atoms with Gasteiger partial charge in [0.05, 0.1) is 6.54 Å². The van der Waals surface area contributed by atoms with E-state index in [0.29, 0.717) is 23.1 Å². The van der Waals surface area contributed by atoms with E-state index in [4.69, 9.17) is 12.6 Å². The Morgan fingerprint density at radius 1 is 1.17 bits per heavy atom. The molecule has 2 rings (SSSR count). The van der Waals surface area contributed by atoms with Crippen molar-refractivity contribution in [2.24, 2.45) is 4.99 Å². The second-order valence-corrected chi connectivity index (χ2v) is 8.87. The number of aliphatic imine (C=N–C) groups is 1. The van der Waals surface area contributed by atoms with E-state index < -0.39 is 6.04 Å². The average molecular weight is 409 g/mol. The highest BCUT2D eigenvalue weighted by Crippen LogP contribution is 2.22. The summed E-state index contributed by atoms with van der Waals surface area (Å²) < 4.78 is 1.86. The third-order valence-corrected chi connectivity index (χ3v) is 5.60. The smallest absolute Gasteiger partial charge is 0.237 e. The first-order valence-electron chi connectivity index (χ1n) is 10.2. The van der Waals surface area contributed by atoms with Crippen molar-refractivity contribution in [3.8, 4) is 0 Å². The van der Waals surface area contributed by atoms with Crippen LogP contribution in [0.1, 0.15) is 74.5 Å². The fourth-order valence-corrected chi connectivity index (χ4v) is 3.40. The molecule has 0 saturated carbocycles. The fourth-order valence-electron chi connectivity index (χ4n) is 3.10. The Kier molecular flexibility index (Phi) is 7.86. The van der Waals surface area contributed by atoms with Gasteiger partial charge >= 0.3 is 0 Å². The molecule has 0 amide bonds. The molecule has 2 aromatic rings. The first kappa shape index (κ1) is 23.0. The van der Waals surface area contributed by atoms with Crippen molar-refractivity contribution in [2.45, 2.75) is 58.4 Å². The van der Waals surface area contributed by atoms with Crippen LogP contribution in [0.3, 0.4) is 0 Å². The maximum atomic E-state index is 13.4. The predicted molar refractivity (Wildman–Crippen MR) is 124 cm³/mol. The van der Waals surface area contributed by atoms with Crippen LogP contribution in [0.25, 0.3) is 0 Å². The third-order valence-electron chi connectivity index (χ3n) is 5.25. The summed E-state index contributed by atoms with van der Waals surface area (Å²) in [5.41, 5.74) is 3.12. The molecule has 3 nitrogen and oxygen atoms in total. The lowest BCUT2D eigenvalue weighted by molar-refractivity contribution is -0.692. The van der Waals surface area contributed by atoms with Crippen molar-refractivity contribution in [2.75, 3.05) is 6.54 Å². The lowest BCUT2D eigenvalue weighted by atomic mass is 9.88. The Bertz CT molecular complexity index is 861. The van der Waals surface area contributed by atoms with Crippen LogP contribution < -0.4 is 4.57 Å². The van der Waals surface area contributed by atoms with E-state index in [1.54, 1.807) is 6.08 Å². The minimum atomic E-state index is -0.645. The number of nitrogens with zero attached hydrogens (tertiary/aromatic N) is 2. The van der Waals surface area contributed by atoms with Crippen LogP contribution >= 0.6 is 0 Å². The molecule has 154 valence electrons. The lowest BCUT2D eigenvalue weighted by Crippen LogP contribution is -2.48. The molecule has 0 fully saturated rings. The molecule has 2 atom stereocenters. The van der Waals surface area contributed by atoms with Gasteiger partial charge in [0.25, 0.3) is 0 Å². The SMILES string of the molecule is C=CCN=C([S-])[C@@H](C(=O)c1ccc([C@@H](C)CC)cc1)[n+]1ccc(C(C)(C)C)cc1. The highest BCUT2D eigenvalue weighted by Gasteiger charge is 2.29. The maximum absolute atomic E-state index is 13.4. The van der Waals surface area contributed by atoms with Crippen LogP contribution in [0, 0.1) is 0 Å². The topological polar surface area (TPSA) is 33.3 Å². The maximum Gasteiger partial charge on any atom is 0.237 e. The molecule has 1 aromatic carbocycles. The number of hydrogen-bond donors (Lipinski definition) is 0. The minimum absolute atomic E-state index is 0.0398. The second kappa shape index (κ2) is 9.93. The monoisotopic (exact) mass is 408 g/mol. The summed E-state index contributed by atoms with van der Waals surface area (Å²) in [6.45, 7) is 14.9. The normalized spacial score (nSPS) is 14.3. The Balaban J connectivity index is 2.42. The van der Waals surface area contributed by atoms with E-state index in [2.05, 4.69) is 46.2 Å². The molecule has 1 heterocycles. The van der Waals surface area contributed by atoms with Gasteiger partial charge in [-0.15, -0.1) is 6.58 Å². The van der Waals surface area contributed by atoms with E-state index in [0.717, 1.165) is 6.42 Å². The molecule has 0 radical (unpaired) electrons. The van der Waals surface area contributed by atoms with Gasteiger partial charge in [0.15, 0.2) is 12.4 Å². The van der Waals surface area contributed by atoms with E-state index >= 15 is 0 Å². The molecule has 0 spiro atoms. The highest BCUT2D eigenvalue weighted by atomic mass is 32.1. The summed E-state index contributed by atoms with van der Waals surface area (Å²) in [5, 5.41) is 0.370. The number of carbonyl (C=O) groups excluding carboxylic acids is 1. The first-order valence-corrected chi connectivity index (χ1v) is 10.6. The molecule has 0 saturated heterocycles. The Labute approximate surface area is 181 Å². The van der Waals surface area contributed by atoms with Crippen molar-refractivity contribution < 1.29 is 9.36 Å². The number of benzene rings is 1. The van der Waals surface area contributed by atoms with Gasteiger partial charge in [-0.2, -0.15) is 4.57 Å². The zero-order chi connectivity index (χ0) is 21.6. The van der Waals surface area contributed by atoms with Crippen molar-refractivity contribution in [1.82, 2.24) is 0 Å². The van der Waals surface area contributed by atoms with Gasteiger partial charge in [0.1, 0.15) is 0 Å². The number of carbonyl (C=O) groups is 1. The molecule has 4 heteroatoms. The first-order chi connectivity index (χ1) is 13.7. The molecule has 1 aromatic heterocycles. The zero-order valence-electron chi connectivity index (χ0n) is 18.2. The van der Waals surface area contributed by atoms with Crippen LogP contribution in [-0.2, 0) is 18.0 Å². The molecular weight excluding hydrogens is 376 g/mol. The molecule has 0 aliphatic carbocycles. The lowest BCUT2D eigenvalue weighted by Gasteiger charge is -2.21. The molecular formula is C25H32N2OS. The summed E-state index contributed by atoms with van der Waals surface area (Å²) >= 11 is 5.54. The molecule has 0 unspecified atom stereocenters. The minimum Gasteiger partial charge on any atom is -0.758 e. The van der Waals surface area contributed by atoms with E-state index in [1.807, 2.05) is 53.4 Å². The number of aromatic nitrogens is 1. The highest BCUT2D eigenvalue weighted by molar-refractivity contribution is 7.77. The van der Waals surface area contributed by atoms with Crippen molar-refractivity contribution in [1.29, 1.82) is 0 Å². The summed E-state index contributed by atoms with van der Waals surface area (Å²) in [6.07, 6.45) is 6.59. The zero-order valence-corrected chi connectivity index (χ0v) is 19.0. The number of ketones is 1. The Morgan fingerprint density at radius 2 is 1.76 bits per heavy atom. The average Bonchev–Trinajstić information content (AvgIpc) is 2.71. The number of rotatable bonds is 8. The molecule has 0 N–H and O–H groups in total. The van der Waals surface area contributed by atoms with Gasteiger partial charge in [-0.05, 0) is 33.9 Å². The van der Waals surface area contributed by atoms with Crippen LogP contribution in [0.4, 0.5) is 0 Å². The predicted octanol–water partition coefficient (Wildman–Crippen LogP) is 5.34. The summed E-state index contributed by atoms with van der Waals surface area (Å²) in [5.74, 6) is 0.421. The van der Waals surface area contributed by atoms with Gasteiger partial charge in [-0.25, -0.2) is 0 Å². The van der Waals surface area contributed by atoms with Gasteiger partial charge in [0.2, 0.25) is 11.8 Å². The van der Waals surface area contributed by atoms with E-state index in [1.165, 1.54) is 11.1 Å². The van der Waals surface area contributed by atoms with E-state index in [-0.39, 0.29) is 11.2 Å². The van der Waals surface area contributed by atoms with Gasteiger partial charge in [-0.1, -0.05) is 65.0 Å². The third kappa shape index (κ3) is 5.83. The van der Waals surface area contributed by atoms with E-state index in [9.17, 15) is 4.79 Å². The standard InChI is InChI=1S/C25H32N2OS/c1-7-15-26-24(29)22(27-16-13-21(14-17-27)25(4,5)6)23(28)20-11-9-19(10-12-20)18(3)8-2/h7,9-14,16-18,22H,1,8,15H2,2-6H3/t18-,22+/m0/s1. The quantitative estimate of drug-likeness (QED) is 0.147. The van der Waals surface area contributed by atoms with Crippen LogP contribution in [0.15, 0.2) is 66.4 Å². The van der Waals surface area contributed by atoms with Crippen molar-refractivity contribution in [3.05, 3.63) is 78.1 Å². The van der Waals surface area contributed by atoms with Crippen LogP contribution in [0.2, 0.25) is 0 Å². The molecule has 0 bridgehead atoms. The van der Waals surface area contributed by atoms with Gasteiger partial charge < -0.3 is 17.6 Å².